The Morgan fingerprint density at radius 1 is 1.32 bits per heavy atom. The van der Waals surface area contributed by atoms with Crippen LogP contribution < -0.4 is 5.32 Å². The van der Waals surface area contributed by atoms with Crippen molar-refractivity contribution < 1.29 is 58.1 Å². The van der Waals surface area contributed by atoms with E-state index in [1.165, 1.54) is 0 Å². The number of hydrogen-bond acceptors (Lipinski definition) is 8. The maximum atomic E-state index is 12.2. The molecule has 1 fully saturated rings. The molecule has 0 aliphatic carbocycles. The number of halogens is 3. The quantitative estimate of drug-likeness (QED) is 0.255. The van der Waals surface area contributed by atoms with Gasteiger partial charge in [0.2, 0.25) is 5.91 Å². The van der Waals surface area contributed by atoms with Crippen LogP contribution in [0.2, 0.25) is 0 Å². The Hall–Kier alpha value is -1.51. The summed E-state index contributed by atoms with van der Waals surface area (Å²) in [6.07, 6.45) is -15.9. The fraction of sp³-hybridized carbons (Fsp3) is 0.833. The highest BCUT2D eigenvalue weighted by atomic mass is 19.4. The predicted octanol–water partition coefficient (Wildman–Crippen LogP) is -2.94. The first-order valence-electron chi connectivity index (χ1n) is 6.95. The van der Waals surface area contributed by atoms with Crippen LogP contribution in [0.5, 0.6) is 0 Å². The highest BCUT2D eigenvalue weighted by Crippen LogP contribution is 2.31. The van der Waals surface area contributed by atoms with E-state index in [-0.39, 0.29) is 0 Å². The number of ether oxygens (including phenoxy) is 1. The van der Waals surface area contributed by atoms with Crippen molar-refractivity contribution in [1.82, 2.24) is 5.32 Å². The zero-order chi connectivity index (χ0) is 19.6. The molecule has 7 N–H and O–H groups in total. The van der Waals surface area contributed by atoms with E-state index >= 15 is 0 Å². The number of carboxylic acids is 1. The lowest BCUT2D eigenvalue weighted by molar-refractivity contribution is -0.295. The molecule has 1 amide bonds. The van der Waals surface area contributed by atoms with Crippen LogP contribution in [0.25, 0.3) is 0 Å². The van der Waals surface area contributed by atoms with E-state index in [2.05, 4.69) is 0 Å². The summed E-state index contributed by atoms with van der Waals surface area (Å²) in [7, 11) is 0. The van der Waals surface area contributed by atoms with Crippen LogP contribution in [0, 0.1) is 0 Å². The van der Waals surface area contributed by atoms with Crippen LogP contribution in [0.4, 0.5) is 13.2 Å². The molecule has 0 unspecified atom stereocenters. The molecule has 0 aromatic carbocycles. The lowest BCUT2D eigenvalue weighted by atomic mass is 9.88. The van der Waals surface area contributed by atoms with Crippen LogP contribution in [-0.4, -0.2) is 91.5 Å². The molecular weight excluding hydrogens is 359 g/mol. The van der Waals surface area contributed by atoms with E-state index in [0.29, 0.717) is 0 Å². The monoisotopic (exact) mass is 377 g/mol. The van der Waals surface area contributed by atoms with Crippen molar-refractivity contribution in [3.8, 4) is 0 Å². The zero-order valence-electron chi connectivity index (χ0n) is 12.5. The van der Waals surface area contributed by atoms with E-state index in [9.17, 15) is 43.2 Å². The van der Waals surface area contributed by atoms with Crippen molar-refractivity contribution in [1.29, 1.82) is 0 Å². The van der Waals surface area contributed by atoms with Gasteiger partial charge in [0.25, 0.3) is 5.79 Å². The second kappa shape index (κ2) is 7.80. The average molecular weight is 377 g/mol. The number of carboxylic acid groups (broad SMARTS) is 1. The molecule has 0 saturated carbocycles. The van der Waals surface area contributed by atoms with Crippen LogP contribution in [0.3, 0.4) is 0 Å². The van der Waals surface area contributed by atoms with Crippen molar-refractivity contribution in [3.05, 3.63) is 0 Å². The first kappa shape index (κ1) is 21.5. The maximum Gasteiger partial charge on any atom is 0.397 e. The van der Waals surface area contributed by atoms with Gasteiger partial charge in [-0.05, 0) is 0 Å². The van der Waals surface area contributed by atoms with Gasteiger partial charge < -0.3 is 40.7 Å². The summed E-state index contributed by atoms with van der Waals surface area (Å²) in [5.74, 6) is -6.61. The van der Waals surface area contributed by atoms with Crippen LogP contribution in [0.1, 0.15) is 12.8 Å². The SMILES string of the molecule is O=C(CC(F)(F)F)N[C@H]1[C@H]([C@H](O)[C@H](O)CO)O[C@](O)(C(=O)O)C[C@@H]1O. The molecule has 0 bridgehead atoms. The Labute approximate surface area is 138 Å². The molecule has 1 rings (SSSR count). The molecule has 13 heteroatoms. The number of aliphatic hydroxyl groups is 5. The number of nitrogens with one attached hydrogen (secondary N) is 1. The molecule has 1 aliphatic heterocycles. The minimum absolute atomic E-state index is 1.03. The summed E-state index contributed by atoms with van der Waals surface area (Å²) < 4.78 is 41.4. The molecule has 6 atom stereocenters. The van der Waals surface area contributed by atoms with Gasteiger partial charge in [0.05, 0.1) is 18.8 Å². The minimum Gasteiger partial charge on any atom is -0.477 e. The van der Waals surface area contributed by atoms with Gasteiger partial charge in [-0.2, -0.15) is 13.2 Å². The van der Waals surface area contributed by atoms with E-state index in [1.54, 1.807) is 5.32 Å². The number of amides is 1. The van der Waals surface area contributed by atoms with Crippen molar-refractivity contribution >= 4 is 11.9 Å². The minimum atomic E-state index is -4.87. The lowest BCUT2D eigenvalue weighted by Gasteiger charge is -2.44. The topological polar surface area (TPSA) is 177 Å². The number of hydrogen-bond donors (Lipinski definition) is 7. The van der Waals surface area contributed by atoms with Crippen molar-refractivity contribution in [2.24, 2.45) is 0 Å². The van der Waals surface area contributed by atoms with Gasteiger partial charge in [-0.25, -0.2) is 4.79 Å². The van der Waals surface area contributed by atoms with Crippen LogP contribution >= 0.6 is 0 Å². The van der Waals surface area contributed by atoms with E-state index in [0.717, 1.165) is 0 Å². The second-order valence-corrected chi connectivity index (χ2v) is 5.57. The van der Waals surface area contributed by atoms with E-state index < -0.39 is 73.7 Å². The standard InChI is InChI=1S/C12H18F3NO9/c13-12(14,15)2-6(20)16-7-4(18)1-11(24,10(22)23)25-9(7)8(21)5(19)3-17/h4-5,7-9,17-19,21,24H,1-3H2,(H,16,20)(H,22,23)/t4-,5+,7+,8+,9+,11-/m0/s1. The number of aliphatic carboxylic acids is 1. The molecule has 0 radical (unpaired) electrons. The van der Waals surface area contributed by atoms with Crippen molar-refractivity contribution in [2.75, 3.05) is 6.61 Å². The molecule has 0 spiro atoms. The Balaban J connectivity index is 3.06. The van der Waals surface area contributed by atoms with Crippen molar-refractivity contribution in [3.63, 3.8) is 0 Å². The molecular formula is C12H18F3NO9. The summed E-state index contributed by atoms with van der Waals surface area (Å²) in [5, 5.41) is 58.5. The van der Waals surface area contributed by atoms with Gasteiger partial charge in [-0.3, -0.25) is 4.79 Å². The molecule has 25 heavy (non-hydrogen) atoms. The third-order valence-corrected chi connectivity index (χ3v) is 3.53. The first-order chi connectivity index (χ1) is 11.3. The second-order valence-electron chi connectivity index (χ2n) is 5.57. The highest BCUT2D eigenvalue weighted by molar-refractivity contribution is 5.78. The van der Waals surface area contributed by atoms with Gasteiger partial charge in [-0.1, -0.05) is 0 Å². The Morgan fingerprint density at radius 2 is 1.88 bits per heavy atom. The maximum absolute atomic E-state index is 12.2. The van der Waals surface area contributed by atoms with Gasteiger partial charge in [0, 0.05) is 6.42 Å². The number of alkyl halides is 3. The third kappa shape index (κ3) is 5.49. The summed E-state index contributed by atoms with van der Waals surface area (Å²) in [5.41, 5.74) is 0. The zero-order valence-corrected chi connectivity index (χ0v) is 12.5. The molecule has 0 aromatic rings. The highest BCUT2D eigenvalue weighted by Gasteiger charge is 2.54. The number of carbonyl (C=O) groups excluding carboxylic acids is 1. The molecule has 146 valence electrons. The first-order valence-corrected chi connectivity index (χ1v) is 6.95. The fourth-order valence-corrected chi connectivity index (χ4v) is 2.32. The van der Waals surface area contributed by atoms with E-state index in [1.807, 2.05) is 0 Å². The smallest absolute Gasteiger partial charge is 0.397 e. The predicted molar refractivity (Wildman–Crippen MR) is 69.8 cm³/mol. The Morgan fingerprint density at radius 3 is 2.32 bits per heavy atom. The van der Waals surface area contributed by atoms with Gasteiger partial charge in [0.15, 0.2) is 0 Å². The summed E-state index contributed by atoms with van der Waals surface area (Å²) >= 11 is 0. The van der Waals surface area contributed by atoms with Crippen LogP contribution in [-0.2, 0) is 14.3 Å². The molecule has 1 heterocycles. The molecule has 1 saturated heterocycles. The third-order valence-electron chi connectivity index (χ3n) is 3.53. The number of aliphatic hydroxyl groups excluding tert-OH is 4. The van der Waals surface area contributed by atoms with E-state index in [4.69, 9.17) is 14.9 Å². The number of carbonyl (C=O) groups is 2. The number of rotatable bonds is 6. The largest absolute Gasteiger partial charge is 0.477 e. The normalized spacial score (nSPS) is 32.7. The summed E-state index contributed by atoms with van der Waals surface area (Å²) in [6.45, 7) is -1.05. The molecule has 0 aromatic heterocycles. The van der Waals surface area contributed by atoms with Crippen LogP contribution in [0.15, 0.2) is 0 Å². The van der Waals surface area contributed by atoms with Gasteiger partial charge in [0.1, 0.15) is 24.7 Å². The molecule has 1 aliphatic rings. The lowest BCUT2D eigenvalue weighted by Crippen LogP contribution is -2.67. The Kier molecular flexibility index (Phi) is 6.72. The fourth-order valence-electron chi connectivity index (χ4n) is 2.32. The van der Waals surface area contributed by atoms with Crippen molar-refractivity contribution in [2.45, 2.75) is 55.3 Å². The Bertz CT molecular complexity index is 503. The van der Waals surface area contributed by atoms with Gasteiger partial charge >= 0.3 is 12.1 Å². The average Bonchev–Trinajstić information content (AvgIpc) is 2.46. The molecule has 10 nitrogen and oxygen atoms in total. The summed E-state index contributed by atoms with van der Waals surface area (Å²) in [4.78, 5) is 22.4. The van der Waals surface area contributed by atoms with Gasteiger partial charge in [-0.15, -0.1) is 0 Å². The summed E-state index contributed by atoms with van der Waals surface area (Å²) in [6, 6.07) is -1.79.